The molecule has 0 bridgehead atoms. The molecule has 98 valence electrons. The van der Waals surface area contributed by atoms with Gasteiger partial charge >= 0.3 is 0 Å². The zero-order valence-electron chi connectivity index (χ0n) is 11.0. The summed E-state index contributed by atoms with van der Waals surface area (Å²) in [6.45, 7) is 0. The molecule has 0 saturated heterocycles. The number of nitrogen functional groups attached to an aromatic ring is 1. The summed E-state index contributed by atoms with van der Waals surface area (Å²) >= 11 is 1.77. The first-order valence-corrected chi connectivity index (χ1v) is 7.32. The first kappa shape index (κ1) is 12.8. The standard InChI is InChI=1S/C18H15NS/c19-16-10-6-14(7-11-16)15-8-12-18(13-9-15)20-17-4-2-1-3-5-17/h1-13H,19H2. The van der Waals surface area contributed by atoms with Crippen molar-refractivity contribution in [1.29, 1.82) is 0 Å². The average molecular weight is 277 g/mol. The lowest BCUT2D eigenvalue weighted by molar-refractivity contribution is 1.41. The van der Waals surface area contributed by atoms with Crippen LogP contribution in [0.1, 0.15) is 0 Å². The van der Waals surface area contributed by atoms with Crippen LogP contribution < -0.4 is 5.73 Å². The van der Waals surface area contributed by atoms with Crippen LogP contribution in [0.2, 0.25) is 0 Å². The van der Waals surface area contributed by atoms with Gasteiger partial charge in [-0.25, -0.2) is 0 Å². The van der Waals surface area contributed by atoms with Crippen LogP contribution in [0.15, 0.2) is 88.7 Å². The van der Waals surface area contributed by atoms with Gasteiger partial charge in [-0.1, -0.05) is 54.2 Å². The number of rotatable bonds is 3. The molecule has 0 radical (unpaired) electrons. The van der Waals surface area contributed by atoms with E-state index in [1.165, 1.54) is 20.9 Å². The molecule has 0 aliphatic carbocycles. The summed E-state index contributed by atoms with van der Waals surface area (Å²) in [5.74, 6) is 0. The van der Waals surface area contributed by atoms with E-state index >= 15 is 0 Å². The van der Waals surface area contributed by atoms with Gasteiger partial charge < -0.3 is 5.73 Å². The second-order valence-electron chi connectivity index (χ2n) is 4.56. The highest BCUT2D eigenvalue weighted by Crippen LogP contribution is 2.29. The summed E-state index contributed by atoms with van der Waals surface area (Å²) in [5.41, 5.74) is 8.91. The minimum Gasteiger partial charge on any atom is -0.399 e. The topological polar surface area (TPSA) is 26.0 Å². The molecule has 2 N–H and O–H groups in total. The van der Waals surface area contributed by atoms with Gasteiger partial charge in [-0.15, -0.1) is 0 Å². The summed E-state index contributed by atoms with van der Waals surface area (Å²) in [4.78, 5) is 2.50. The molecule has 0 amide bonds. The predicted molar refractivity (Wildman–Crippen MR) is 86.9 cm³/mol. The SMILES string of the molecule is Nc1ccc(-c2ccc(Sc3ccccc3)cc2)cc1. The van der Waals surface area contributed by atoms with Crippen molar-refractivity contribution in [3.8, 4) is 11.1 Å². The van der Waals surface area contributed by atoms with Crippen LogP contribution >= 0.6 is 11.8 Å². The van der Waals surface area contributed by atoms with Crippen molar-refractivity contribution in [3.63, 3.8) is 0 Å². The van der Waals surface area contributed by atoms with Crippen molar-refractivity contribution in [3.05, 3.63) is 78.9 Å². The van der Waals surface area contributed by atoms with E-state index in [1.807, 2.05) is 18.2 Å². The third kappa shape index (κ3) is 3.03. The monoisotopic (exact) mass is 277 g/mol. The molecule has 20 heavy (non-hydrogen) atoms. The maximum atomic E-state index is 5.71. The van der Waals surface area contributed by atoms with Gasteiger partial charge in [0.05, 0.1) is 0 Å². The van der Waals surface area contributed by atoms with Crippen molar-refractivity contribution >= 4 is 17.4 Å². The summed E-state index contributed by atoms with van der Waals surface area (Å²) in [6, 6.07) is 27.0. The molecule has 0 spiro atoms. The van der Waals surface area contributed by atoms with Crippen molar-refractivity contribution in [2.75, 3.05) is 5.73 Å². The highest BCUT2D eigenvalue weighted by atomic mass is 32.2. The van der Waals surface area contributed by atoms with E-state index in [2.05, 4.69) is 60.7 Å². The van der Waals surface area contributed by atoms with Crippen LogP contribution in [-0.4, -0.2) is 0 Å². The molecule has 0 aliphatic rings. The second-order valence-corrected chi connectivity index (χ2v) is 5.71. The molecular weight excluding hydrogens is 262 g/mol. The zero-order chi connectivity index (χ0) is 13.8. The Hall–Kier alpha value is -2.19. The maximum Gasteiger partial charge on any atom is 0.0314 e. The van der Waals surface area contributed by atoms with E-state index in [-0.39, 0.29) is 0 Å². The van der Waals surface area contributed by atoms with Crippen LogP contribution in [0.5, 0.6) is 0 Å². The lowest BCUT2D eigenvalue weighted by Gasteiger charge is -2.05. The van der Waals surface area contributed by atoms with Gasteiger partial charge in [-0.3, -0.25) is 0 Å². The Morgan fingerprint density at radius 2 is 1.05 bits per heavy atom. The molecule has 0 saturated carbocycles. The van der Waals surface area contributed by atoms with E-state index in [0.717, 1.165) is 5.69 Å². The van der Waals surface area contributed by atoms with Crippen molar-refractivity contribution in [1.82, 2.24) is 0 Å². The van der Waals surface area contributed by atoms with Gasteiger partial charge in [0.2, 0.25) is 0 Å². The molecule has 0 aliphatic heterocycles. The van der Waals surface area contributed by atoms with Crippen LogP contribution in [0.3, 0.4) is 0 Å². The first-order valence-electron chi connectivity index (χ1n) is 6.50. The summed E-state index contributed by atoms with van der Waals surface area (Å²) in [5, 5.41) is 0. The summed E-state index contributed by atoms with van der Waals surface area (Å²) in [7, 11) is 0. The Balaban J connectivity index is 1.79. The Morgan fingerprint density at radius 1 is 0.550 bits per heavy atom. The van der Waals surface area contributed by atoms with Crippen LogP contribution in [0, 0.1) is 0 Å². The fourth-order valence-electron chi connectivity index (χ4n) is 2.02. The predicted octanol–water partition coefficient (Wildman–Crippen LogP) is 5.09. The lowest BCUT2D eigenvalue weighted by Crippen LogP contribution is -1.84. The van der Waals surface area contributed by atoms with Crippen molar-refractivity contribution in [2.45, 2.75) is 9.79 Å². The number of benzene rings is 3. The molecule has 3 rings (SSSR count). The molecule has 0 heterocycles. The minimum absolute atomic E-state index is 0.796. The molecule has 0 atom stereocenters. The fraction of sp³-hybridized carbons (Fsp3) is 0. The minimum atomic E-state index is 0.796. The Labute approximate surface area is 123 Å². The highest BCUT2D eigenvalue weighted by molar-refractivity contribution is 7.99. The number of hydrogen-bond donors (Lipinski definition) is 1. The zero-order valence-corrected chi connectivity index (χ0v) is 11.8. The highest BCUT2D eigenvalue weighted by Gasteiger charge is 2.00. The van der Waals surface area contributed by atoms with Crippen LogP contribution in [-0.2, 0) is 0 Å². The fourth-order valence-corrected chi connectivity index (χ4v) is 2.85. The number of nitrogens with two attached hydrogens (primary N) is 1. The van der Waals surface area contributed by atoms with Crippen molar-refractivity contribution < 1.29 is 0 Å². The van der Waals surface area contributed by atoms with Gasteiger partial charge in [-0.2, -0.15) is 0 Å². The molecule has 1 nitrogen and oxygen atoms in total. The maximum absolute atomic E-state index is 5.71. The second kappa shape index (κ2) is 5.85. The van der Waals surface area contributed by atoms with Gasteiger partial charge in [0.25, 0.3) is 0 Å². The van der Waals surface area contributed by atoms with Gasteiger partial charge in [-0.05, 0) is 47.5 Å². The van der Waals surface area contributed by atoms with E-state index in [0.29, 0.717) is 0 Å². The Kier molecular flexibility index (Phi) is 3.75. The van der Waals surface area contributed by atoms with Crippen LogP contribution in [0.25, 0.3) is 11.1 Å². The van der Waals surface area contributed by atoms with Gasteiger partial charge in [0, 0.05) is 15.5 Å². The Morgan fingerprint density at radius 3 is 1.65 bits per heavy atom. The van der Waals surface area contributed by atoms with E-state index in [9.17, 15) is 0 Å². The van der Waals surface area contributed by atoms with E-state index in [4.69, 9.17) is 5.73 Å². The molecule has 3 aromatic carbocycles. The third-order valence-electron chi connectivity index (χ3n) is 3.08. The van der Waals surface area contributed by atoms with Crippen LogP contribution in [0.4, 0.5) is 5.69 Å². The van der Waals surface area contributed by atoms with Gasteiger partial charge in [0.15, 0.2) is 0 Å². The molecule has 0 fully saturated rings. The smallest absolute Gasteiger partial charge is 0.0314 e. The summed E-state index contributed by atoms with van der Waals surface area (Å²) in [6.07, 6.45) is 0. The molecule has 3 aromatic rings. The van der Waals surface area contributed by atoms with E-state index < -0.39 is 0 Å². The molecule has 0 aromatic heterocycles. The molecule has 2 heteroatoms. The first-order chi connectivity index (χ1) is 9.81. The third-order valence-corrected chi connectivity index (χ3v) is 4.09. The molecular formula is C18H15NS. The Bertz CT molecular complexity index is 673. The van der Waals surface area contributed by atoms with Gasteiger partial charge in [0.1, 0.15) is 0 Å². The average Bonchev–Trinajstić information content (AvgIpc) is 2.50. The number of hydrogen-bond acceptors (Lipinski definition) is 2. The van der Waals surface area contributed by atoms with Crippen molar-refractivity contribution in [2.24, 2.45) is 0 Å². The summed E-state index contributed by atoms with van der Waals surface area (Å²) < 4.78 is 0. The number of anilines is 1. The normalized spacial score (nSPS) is 10.4. The molecule has 0 unspecified atom stereocenters. The van der Waals surface area contributed by atoms with E-state index in [1.54, 1.807) is 11.8 Å². The quantitative estimate of drug-likeness (QED) is 0.675. The largest absolute Gasteiger partial charge is 0.399 e. The lowest BCUT2D eigenvalue weighted by atomic mass is 10.1.